The summed E-state index contributed by atoms with van der Waals surface area (Å²) in [5.41, 5.74) is 1.24. The molecule has 140 valence electrons. The predicted octanol–water partition coefficient (Wildman–Crippen LogP) is 2.32. The number of hydrogen-bond donors (Lipinski definition) is 1. The van der Waals surface area contributed by atoms with Gasteiger partial charge in [0.25, 0.3) is 5.91 Å². The fourth-order valence-electron chi connectivity index (χ4n) is 2.52. The zero-order valence-corrected chi connectivity index (χ0v) is 15.5. The smallest absolute Gasteiger partial charge is 0.326 e. The van der Waals surface area contributed by atoms with Crippen LogP contribution in [0.4, 0.5) is 11.4 Å². The van der Waals surface area contributed by atoms with Gasteiger partial charge in [0, 0.05) is 10.6 Å². The molecule has 2 amide bonds. The van der Waals surface area contributed by atoms with Crippen LogP contribution in [0.5, 0.6) is 5.75 Å². The monoisotopic (exact) mass is 386 g/mol. The van der Waals surface area contributed by atoms with Crippen LogP contribution >= 0.6 is 11.8 Å². The molecule has 1 heterocycles. The maximum atomic E-state index is 12.1. The van der Waals surface area contributed by atoms with E-state index in [0.717, 1.165) is 4.90 Å². The fraction of sp³-hybridized carbons (Fsp3) is 0.211. The standard InChI is InChI=1S/C19H18N2O5S/c1-25-14-8-6-13(7-9-14)20-17(22)11-26-19(24)10-21-15-4-2-3-5-16(15)27-12-18(21)23/h2-9H,10-12H2,1H3,(H,20,22). The molecule has 27 heavy (non-hydrogen) atoms. The predicted molar refractivity (Wildman–Crippen MR) is 102 cm³/mol. The molecule has 0 radical (unpaired) electrons. The van der Waals surface area contributed by atoms with Crippen LogP contribution in [0.3, 0.4) is 0 Å². The number of para-hydroxylation sites is 1. The molecule has 8 heteroatoms. The number of fused-ring (bicyclic) bond motifs is 1. The Labute approximate surface area is 160 Å². The van der Waals surface area contributed by atoms with Gasteiger partial charge in [0.1, 0.15) is 12.3 Å². The second kappa shape index (κ2) is 8.59. The zero-order valence-electron chi connectivity index (χ0n) is 14.6. The van der Waals surface area contributed by atoms with Gasteiger partial charge in [-0.25, -0.2) is 0 Å². The Balaban J connectivity index is 1.52. The van der Waals surface area contributed by atoms with E-state index in [0.29, 0.717) is 17.1 Å². The van der Waals surface area contributed by atoms with Crippen molar-refractivity contribution in [3.63, 3.8) is 0 Å². The summed E-state index contributed by atoms with van der Waals surface area (Å²) in [5, 5.41) is 2.62. The molecule has 0 aromatic heterocycles. The molecule has 1 aliphatic heterocycles. The fourth-order valence-corrected chi connectivity index (χ4v) is 3.46. The number of carbonyl (C=O) groups is 3. The van der Waals surface area contributed by atoms with Crippen molar-refractivity contribution < 1.29 is 23.9 Å². The summed E-state index contributed by atoms with van der Waals surface area (Å²) in [4.78, 5) is 38.5. The van der Waals surface area contributed by atoms with E-state index < -0.39 is 18.5 Å². The normalized spacial score (nSPS) is 12.9. The summed E-state index contributed by atoms with van der Waals surface area (Å²) in [6.07, 6.45) is 0. The molecular formula is C19H18N2O5S. The topological polar surface area (TPSA) is 84.9 Å². The highest BCUT2D eigenvalue weighted by molar-refractivity contribution is 8.00. The van der Waals surface area contributed by atoms with Gasteiger partial charge < -0.3 is 14.8 Å². The molecule has 1 N–H and O–H groups in total. The maximum Gasteiger partial charge on any atom is 0.326 e. The number of hydrogen-bond acceptors (Lipinski definition) is 6. The van der Waals surface area contributed by atoms with Crippen molar-refractivity contribution in [3.8, 4) is 5.75 Å². The van der Waals surface area contributed by atoms with Gasteiger partial charge in [0.05, 0.1) is 18.6 Å². The Morgan fingerprint density at radius 1 is 1.15 bits per heavy atom. The van der Waals surface area contributed by atoms with Crippen molar-refractivity contribution in [2.75, 3.05) is 36.2 Å². The number of anilines is 2. The first-order chi connectivity index (χ1) is 13.1. The summed E-state index contributed by atoms with van der Waals surface area (Å²) in [6, 6.07) is 14.1. The number of thioether (sulfide) groups is 1. The van der Waals surface area contributed by atoms with Crippen LogP contribution in [0.25, 0.3) is 0 Å². The van der Waals surface area contributed by atoms with Gasteiger partial charge in [0.15, 0.2) is 6.61 Å². The lowest BCUT2D eigenvalue weighted by atomic mass is 10.2. The number of methoxy groups -OCH3 is 1. The van der Waals surface area contributed by atoms with E-state index in [1.54, 1.807) is 43.5 Å². The number of benzene rings is 2. The number of amides is 2. The van der Waals surface area contributed by atoms with Gasteiger partial charge in [0.2, 0.25) is 5.91 Å². The second-order valence-electron chi connectivity index (χ2n) is 5.67. The Morgan fingerprint density at radius 3 is 2.63 bits per heavy atom. The van der Waals surface area contributed by atoms with Crippen LogP contribution in [-0.2, 0) is 19.1 Å². The van der Waals surface area contributed by atoms with Crippen molar-refractivity contribution in [1.82, 2.24) is 0 Å². The number of nitrogens with one attached hydrogen (secondary N) is 1. The van der Waals surface area contributed by atoms with Crippen LogP contribution in [-0.4, -0.2) is 43.8 Å². The molecule has 3 rings (SSSR count). The quantitative estimate of drug-likeness (QED) is 0.767. The first-order valence-corrected chi connectivity index (χ1v) is 9.17. The van der Waals surface area contributed by atoms with Gasteiger partial charge in [-0.1, -0.05) is 12.1 Å². The van der Waals surface area contributed by atoms with Crippen molar-refractivity contribution in [3.05, 3.63) is 48.5 Å². The summed E-state index contributed by atoms with van der Waals surface area (Å²) in [5.74, 6) is -0.339. The average molecular weight is 386 g/mol. The summed E-state index contributed by atoms with van der Waals surface area (Å²) in [6.45, 7) is -0.657. The molecule has 0 spiro atoms. The van der Waals surface area contributed by atoms with E-state index in [1.807, 2.05) is 12.1 Å². The van der Waals surface area contributed by atoms with Gasteiger partial charge in [-0.3, -0.25) is 19.3 Å². The Morgan fingerprint density at radius 2 is 1.89 bits per heavy atom. The minimum absolute atomic E-state index is 0.168. The van der Waals surface area contributed by atoms with Gasteiger partial charge in [-0.15, -0.1) is 11.8 Å². The van der Waals surface area contributed by atoms with Crippen molar-refractivity contribution in [2.45, 2.75) is 4.90 Å². The minimum atomic E-state index is -0.644. The van der Waals surface area contributed by atoms with Crippen molar-refractivity contribution in [1.29, 1.82) is 0 Å². The Kier molecular flexibility index (Phi) is 5.97. The molecule has 1 aliphatic rings. The Bertz CT molecular complexity index is 853. The van der Waals surface area contributed by atoms with Crippen LogP contribution < -0.4 is 15.0 Å². The van der Waals surface area contributed by atoms with Gasteiger partial charge in [-0.05, 0) is 36.4 Å². The van der Waals surface area contributed by atoms with Gasteiger partial charge >= 0.3 is 5.97 Å². The van der Waals surface area contributed by atoms with Crippen LogP contribution in [0, 0.1) is 0 Å². The number of esters is 1. The lowest BCUT2D eigenvalue weighted by molar-refractivity contribution is -0.146. The molecule has 7 nitrogen and oxygen atoms in total. The van der Waals surface area contributed by atoms with E-state index in [1.165, 1.54) is 16.7 Å². The highest BCUT2D eigenvalue weighted by atomic mass is 32.2. The average Bonchev–Trinajstić information content (AvgIpc) is 2.69. The molecule has 0 bridgehead atoms. The van der Waals surface area contributed by atoms with E-state index in [2.05, 4.69) is 5.32 Å². The van der Waals surface area contributed by atoms with Crippen LogP contribution in [0.2, 0.25) is 0 Å². The number of nitrogens with zero attached hydrogens (tertiary/aromatic N) is 1. The van der Waals surface area contributed by atoms with Crippen LogP contribution in [0.15, 0.2) is 53.4 Å². The molecule has 0 saturated heterocycles. The SMILES string of the molecule is COc1ccc(NC(=O)COC(=O)CN2C(=O)CSc3ccccc32)cc1. The minimum Gasteiger partial charge on any atom is -0.497 e. The molecule has 2 aromatic rings. The number of rotatable bonds is 6. The lowest BCUT2D eigenvalue weighted by Crippen LogP contribution is -2.40. The second-order valence-corrected chi connectivity index (χ2v) is 6.69. The van der Waals surface area contributed by atoms with Gasteiger partial charge in [-0.2, -0.15) is 0 Å². The third-order valence-corrected chi connectivity index (χ3v) is 4.88. The molecular weight excluding hydrogens is 368 g/mol. The summed E-state index contributed by atoms with van der Waals surface area (Å²) in [7, 11) is 1.55. The molecule has 0 saturated carbocycles. The van der Waals surface area contributed by atoms with E-state index in [9.17, 15) is 14.4 Å². The van der Waals surface area contributed by atoms with E-state index in [-0.39, 0.29) is 18.2 Å². The highest BCUT2D eigenvalue weighted by Gasteiger charge is 2.26. The molecule has 0 unspecified atom stereocenters. The number of ether oxygens (including phenoxy) is 2. The third-order valence-electron chi connectivity index (χ3n) is 3.83. The first-order valence-electron chi connectivity index (χ1n) is 8.18. The molecule has 2 aromatic carbocycles. The molecule has 0 atom stereocenters. The molecule has 0 aliphatic carbocycles. The summed E-state index contributed by atoms with van der Waals surface area (Å²) >= 11 is 1.43. The summed E-state index contributed by atoms with van der Waals surface area (Å²) < 4.78 is 10.1. The molecule has 0 fully saturated rings. The zero-order chi connectivity index (χ0) is 19.2. The number of carbonyl (C=O) groups excluding carboxylic acids is 3. The lowest BCUT2D eigenvalue weighted by Gasteiger charge is -2.27. The maximum absolute atomic E-state index is 12.1. The van der Waals surface area contributed by atoms with Crippen LogP contribution in [0.1, 0.15) is 0 Å². The first kappa shape index (κ1) is 18.8. The largest absolute Gasteiger partial charge is 0.497 e. The highest BCUT2D eigenvalue weighted by Crippen LogP contribution is 2.34. The van der Waals surface area contributed by atoms with Crippen molar-refractivity contribution >= 4 is 40.9 Å². The van der Waals surface area contributed by atoms with Crippen molar-refractivity contribution in [2.24, 2.45) is 0 Å². The third kappa shape index (κ3) is 4.79. The Hall–Kier alpha value is -3.00. The van der Waals surface area contributed by atoms with E-state index in [4.69, 9.17) is 9.47 Å². The van der Waals surface area contributed by atoms with E-state index >= 15 is 0 Å².